The largest absolute Gasteiger partial charge is 2.00 e. The van der Waals surface area contributed by atoms with Crippen molar-refractivity contribution in [1.82, 2.24) is 0 Å². The van der Waals surface area contributed by atoms with Crippen molar-refractivity contribution in [2.24, 2.45) is 0 Å². The van der Waals surface area contributed by atoms with E-state index in [-0.39, 0.29) is 26.2 Å². The fourth-order valence-electron chi connectivity index (χ4n) is 6.21. The van der Waals surface area contributed by atoms with Gasteiger partial charge in [0.05, 0.1) is 0 Å². The van der Waals surface area contributed by atoms with Crippen LogP contribution in [0, 0.1) is 0 Å². The maximum atomic E-state index is 2.39. The molecule has 6 rings (SSSR count). The van der Waals surface area contributed by atoms with Gasteiger partial charge in [-0.1, -0.05) is 139 Å². The Morgan fingerprint density at radius 2 is 0.870 bits per heavy atom. The number of fused-ring (bicyclic) bond motifs is 2. The molecular formula is C44H52SiZr. The number of hydrogen-bond acceptors (Lipinski definition) is 0. The Labute approximate surface area is 301 Å². The molecule has 236 valence electrons. The quantitative estimate of drug-likeness (QED) is 0.110. The van der Waals surface area contributed by atoms with Crippen molar-refractivity contribution < 1.29 is 26.2 Å². The molecule has 6 aromatic carbocycles. The van der Waals surface area contributed by atoms with Crippen molar-refractivity contribution >= 4 is 31.1 Å². The zero-order chi connectivity index (χ0) is 32.3. The molecule has 0 aliphatic rings. The third-order valence-corrected chi connectivity index (χ3v) is 9.29. The molecule has 0 amide bonds. The van der Waals surface area contributed by atoms with Gasteiger partial charge in [-0.15, -0.1) is 69.1 Å². The molecule has 2 heteroatoms. The van der Waals surface area contributed by atoms with E-state index in [4.69, 9.17) is 0 Å². The zero-order valence-electron chi connectivity index (χ0n) is 29.4. The van der Waals surface area contributed by atoms with Crippen LogP contribution >= 0.6 is 0 Å². The van der Waals surface area contributed by atoms with Crippen molar-refractivity contribution in [3.05, 3.63) is 131 Å². The van der Waals surface area contributed by atoms with Crippen molar-refractivity contribution in [1.29, 1.82) is 0 Å². The first kappa shape index (κ1) is 37.7. The number of aryl methyl sites for hydroxylation is 2. The molecule has 0 aromatic heterocycles. The van der Waals surface area contributed by atoms with Crippen molar-refractivity contribution in [3.8, 4) is 22.3 Å². The molecule has 0 aliphatic heterocycles. The molecule has 0 aliphatic carbocycles. The van der Waals surface area contributed by atoms with Gasteiger partial charge in [-0.2, -0.15) is 12.1 Å². The maximum absolute atomic E-state index is 2.39. The fourth-order valence-corrected chi connectivity index (χ4v) is 6.21. The SMILES string of the molecule is CCc1ccccc1-c1cccc2[cH-]c(C(C)CC)cc12.CCc1ccccc1-c1cccc2[cH-]c(C(C)CC)cc12.C[Si]C.[Zr+2]. The molecule has 2 radical (unpaired) electrons. The van der Waals surface area contributed by atoms with E-state index in [1.54, 1.807) is 0 Å². The van der Waals surface area contributed by atoms with Gasteiger partial charge in [-0.25, -0.2) is 0 Å². The minimum atomic E-state index is 0. The van der Waals surface area contributed by atoms with Crippen LogP contribution in [0.25, 0.3) is 43.8 Å². The minimum absolute atomic E-state index is 0. The molecule has 0 spiro atoms. The molecule has 2 atom stereocenters. The predicted molar refractivity (Wildman–Crippen MR) is 204 cm³/mol. The molecule has 0 saturated heterocycles. The first-order valence-electron chi connectivity index (χ1n) is 17.0. The summed E-state index contributed by atoms with van der Waals surface area (Å²) >= 11 is 0. The summed E-state index contributed by atoms with van der Waals surface area (Å²) in [6.07, 6.45) is 4.53. The second kappa shape index (κ2) is 18.5. The van der Waals surface area contributed by atoms with Crippen molar-refractivity contribution in [2.45, 2.75) is 92.2 Å². The standard InChI is InChI=1S/2C21H23.C2H6Si.Zr/c2*1-4-15(3)18-13-17-10-8-12-20(21(17)14-18)19-11-7-6-9-16(19)5-2;1-3-2;/h2*6-15H,4-5H2,1-3H3;1-2H3;/q2*-1;;+2. The van der Waals surface area contributed by atoms with Gasteiger partial charge in [0.25, 0.3) is 0 Å². The van der Waals surface area contributed by atoms with Gasteiger partial charge >= 0.3 is 26.2 Å². The van der Waals surface area contributed by atoms with Crippen molar-refractivity contribution in [3.63, 3.8) is 0 Å². The zero-order valence-corrected chi connectivity index (χ0v) is 32.8. The van der Waals surface area contributed by atoms with Gasteiger partial charge in [-0.05, 0) is 46.9 Å². The first-order valence-corrected chi connectivity index (χ1v) is 19.0. The third-order valence-electron chi connectivity index (χ3n) is 9.29. The Balaban J connectivity index is 0.000000226. The number of benzene rings is 4. The van der Waals surface area contributed by atoms with Gasteiger partial charge in [0.15, 0.2) is 0 Å². The Kier molecular flexibility index (Phi) is 15.2. The Bertz CT molecular complexity index is 1650. The Morgan fingerprint density at radius 3 is 1.22 bits per heavy atom. The normalized spacial score (nSPS) is 12.0. The van der Waals surface area contributed by atoms with Crippen LogP contribution in [0.2, 0.25) is 13.1 Å². The third kappa shape index (κ3) is 8.76. The molecule has 6 aromatic rings. The molecule has 0 saturated carbocycles. The second-order valence-electron chi connectivity index (χ2n) is 12.3. The van der Waals surface area contributed by atoms with Crippen LogP contribution in [0.5, 0.6) is 0 Å². The van der Waals surface area contributed by atoms with Crippen LogP contribution in [0.15, 0.2) is 109 Å². The average Bonchev–Trinajstić information content (AvgIpc) is 3.73. The van der Waals surface area contributed by atoms with E-state index in [0.717, 1.165) is 22.4 Å². The van der Waals surface area contributed by atoms with Gasteiger partial charge in [0, 0.05) is 9.52 Å². The van der Waals surface area contributed by atoms with E-state index in [1.165, 1.54) is 78.9 Å². The van der Waals surface area contributed by atoms with Gasteiger partial charge in [0.2, 0.25) is 0 Å². The van der Waals surface area contributed by atoms with E-state index < -0.39 is 0 Å². The van der Waals surface area contributed by atoms with Crippen LogP contribution in [-0.2, 0) is 39.0 Å². The summed E-state index contributed by atoms with van der Waals surface area (Å²) in [5, 5.41) is 5.53. The molecule has 0 N–H and O–H groups in total. The van der Waals surface area contributed by atoms with E-state index in [9.17, 15) is 0 Å². The molecule has 46 heavy (non-hydrogen) atoms. The number of hydrogen-bond donors (Lipinski definition) is 0. The van der Waals surface area contributed by atoms with E-state index in [0.29, 0.717) is 11.8 Å². The predicted octanol–water partition coefficient (Wildman–Crippen LogP) is 13.4. The molecule has 2 unspecified atom stereocenters. The van der Waals surface area contributed by atoms with Gasteiger partial charge in [-0.3, -0.25) is 0 Å². The van der Waals surface area contributed by atoms with E-state index in [2.05, 4.69) is 164 Å². The maximum Gasteiger partial charge on any atom is 2.00 e. The fraction of sp³-hybridized carbons (Fsp3) is 0.318. The van der Waals surface area contributed by atoms with Crippen LogP contribution in [0.4, 0.5) is 0 Å². The minimum Gasteiger partial charge on any atom is -0.164 e. The van der Waals surface area contributed by atoms with E-state index >= 15 is 0 Å². The van der Waals surface area contributed by atoms with Crippen LogP contribution in [0.1, 0.15) is 88.5 Å². The van der Waals surface area contributed by atoms with Crippen molar-refractivity contribution in [2.75, 3.05) is 0 Å². The second-order valence-corrected chi connectivity index (χ2v) is 13.3. The Hall–Kier alpha value is -2.80. The summed E-state index contributed by atoms with van der Waals surface area (Å²) in [5.74, 6) is 1.26. The monoisotopic (exact) mass is 698 g/mol. The molecule has 0 bridgehead atoms. The van der Waals surface area contributed by atoms with Gasteiger partial charge < -0.3 is 0 Å². The molecule has 0 heterocycles. The topological polar surface area (TPSA) is 0 Å². The van der Waals surface area contributed by atoms with Crippen LogP contribution < -0.4 is 0 Å². The summed E-state index contributed by atoms with van der Waals surface area (Å²) in [7, 11) is 1.08. The summed E-state index contributed by atoms with van der Waals surface area (Å²) in [6.45, 7) is 17.9. The Morgan fingerprint density at radius 1 is 0.522 bits per heavy atom. The molecular weight excluding hydrogens is 648 g/mol. The van der Waals surface area contributed by atoms with E-state index in [1.807, 2.05) is 0 Å². The van der Waals surface area contributed by atoms with Crippen LogP contribution in [0.3, 0.4) is 0 Å². The average molecular weight is 700 g/mol. The summed E-state index contributed by atoms with van der Waals surface area (Å²) in [6, 6.07) is 40.4. The molecule has 0 nitrogen and oxygen atoms in total. The summed E-state index contributed by atoms with van der Waals surface area (Å²) in [4.78, 5) is 0. The van der Waals surface area contributed by atoms with Gasteiger partial charge in [0.1, 0.15) is 0 Å². The summed E-state index contributed by atoms with van der Waals surface area (Å²) < 4.78 is 0. The van der Waals surface area contributed by atoms with Crippen LogP contribution in [-0.4, -0.2) is 9.52 Å². The number of rotatable bonds is 8. The smallest absolute Gasteiger partial charge is 0.164 e. The summed E-state index contributed by atoms with van der Waals surface area (Å²) in [5.41, 5.74) is 11.3. The molecule has 0 fully saturated rings. The first-order chi connectivity index (χ1) is 21.9.